The summed E-state index contributed by atoms with van der Waals surface area (Å²) >= 11 is 0. The van der Waals surface area contributed by atoms with Gasteiger partial charge in [0.25, 0.3) is 8.32 Å². The number of benzene rings is 2. The number of rotatable bonds is 12. The molecule has 1 aliphatic heterocycles. The van der Waals surface area contributed by atoms with Crippen LogP contribution in [0.25, 0.3) is 0 Å². The minimum atomic E-state index is -3.13. The lowest BCUT2D eigenvalue weighted by molar-refractivity contribution is -0.167. The van der Waals surface area contributed by atoms with Crippen LogP contribution >= 0.6 is 0 Å². The summed E-state index contributed by atoms with van der Waals surface area (Å²) in [6.07, 6.45) is -1.59. The lowest BCUT2D eigenvalue weighted by Crippen LogP contribution is -2.67. The van der Waals surface area contributed by atoms with E-state index in [1.165, 1.54) is 25.5 Å². The predicted molar refractivity (Wildman–Crippen MR) is 206 cm³/mol. The van der Waals surface area contributed by atoms with Gasteiger partial charge in [0.15, 0.2) is 18.1 Å². The van der Waals surface area contributed by atoms with Crippen molar-refractivity contribution in [3.63, 3.8) is 0 Å². The number of nitrogens with one attached hydrogen (secondary N) is 1. The Labute approximate surface area is 313 Å². The number of carbonyl (C=O) groups is 2. The topological polar surface area (TPSA) is 154 Å². The molecule has 1 aromatic heterocycles. The van der Waals surface area contributed by atoms with Crippen molar-refractivity contribution in [2.45, 2.75) is 103 Å². The average Bonchev–Trinajstić information content (AvgIpc) is 3.30. The Balaban J connectivity index is 1.78. The van der Waals surface area contributed by atoms with Crippen molar-refractivity contribution in [2.75, 3.05) is 20.7 Å². The zero-order valence-electron chi connectivity index (χ0n) is 32.7. The lowest BCUT2D eigenvalue weighted by atomic mass is 9.95. The highest BCUT2D eigenvalue weighted by molar-refractivity contribution is 6.99. The van der Waals surface area contributed by atoms with Crippen LogP contribution in [-0.2, 0) is 23.4 Å². The molecular weight excluding hydrogens is 695 g/mol. The van der Waals surface area contributed by atoms with Gasteiger partial charge in [0.05, 0.1) is 12.9 Å². The number of nitrogens with zero attached hydrogens (tertiary/aromatic N) is 4. The monoisotopic (exact) mass is 749 g/mol. The molecule has 0 spiro atoms. The van der Waals surface area contributed by atoms with Crippen LogP contribution in [0.3, 0.4) is 0 Å². The van der Waals surface area contributed by atoms with Crippen molar-refractivity contribution in [3.8, 4) is 0 Å². The van der Waals surface area contributed by atoms with Gasteiger partial charge >= 0.3 is 17.8 Å². The van der Waals surface area contributed by atoms with E-state index < -0.39 is 72.7 Å². The van der Waals surface area contributed by atoms with Crippen molar-refractivity contribution in [3.05, 3.63) is 83.4 Å². The zero-order valence-corrected chi connectivity index (χ0v) is 33.7. The maximum Gasteiger partial charge on any atom is 0.408 e. The second-order valence-corrected chi connectivity index (χ2v) is 20.4. The third-order valence-corrected chi connectivity index (χ3v) is 13.9. The normalized spacial score (nSPS) is 21.4. The van der Waals surface area contributed by atoms with Crippen LogP contribution in [0.5, 0.6) is 0 Å². The van der Waals surface area contributed by atoms with Gasteiger partial charge in [0.2, 0.25) is 0 Å². The van der Waals surface area contributed by atoms with Gasteiger partial charge in [-0.15, -0.1) is 0 Å². The minimum Gasteiger partial charge on any atom is -0.455 e. The third kappa shape index (κ3) is 9.60. The van der Waals surface area contributed by atoms with E-state index in [4.69, 9.17) is 18.6 Å². The molecule has 13 nitrogen and oxygen atoms in total. The van der Waals surface area contributed by atoms with Gasteiger partial charge in [-0.1, -0.05) is 95.3 Å². The van der Waals surface area contributed by atoms with Crippen molar-refractivity contribution < 1.29 is 33.3 Å². The van der Waals surface area contributed by atoms with Crippen molar-refractivity contribution in [1.29, 1.82) is 0 Å². The molecule has 288 valence electrons. The summed E-state index contributed by atoms with van der Waals surface area (Å²) in [6, 6.07) is 20.4. The van der Waals surface area contributed by atoms with Gasteiger partial charge in [-0.05, 0) is 55.1 Å². The van der Waals surface area contributed by atoms with Gasteiger partial charge in [-0.25, -0.2) is 19.4 Å². The zero-order chi connectivity index (χ0) is 39.4. The Bertz CT molecular complexity index is 1750. The molecule has 1 amide bonds. The standard InChI is InChI=1S/C39H55N5O8Si/c1-26(2)31(42-36(47)52-37(3,4)5)33(45)51-32-29(50-34(39(32,9)48)44-23-22-30(41-35(44)46)40-25-43(10)11)24-49-53(38(6,7)8,27-18-14-12-15-19-27)28-20-16-13-17-21-28/h12-23,25-26,29,31-32,34,48H,24H2,1-11H3,(H,42,47). The van der Waals surface area contributed by atoms with Gasteiger partial charge in [0.1, 0.15) is 23.3 Å². The van der Waals surface area contributed by atoms with Crippen LogP contribution in [0.15, 0.2) is 82.7 Å². The Hall–Kier alpha value is -4.37. The first-order valence-electron chi connectivity index (χ1n) is 17.8. The SMILES string of the molecule is CC(C)C(NC(=O)OC(C)(C)C)C(=O)OC1C(CO[Si](c2ccccc2)(c2ccccc2)C(C)(C)C)OC(n2ccc(N=CN(C)C)nc2=O)C1(C)O. The highest BCUT2D eigenvalue weighted by atomic mass is 28.4. The maximum atomic E-state index is 14.0. The van der Waals surface area contributed by atoms with E-state index in [9.17, 15) is 19.5 Å². The molecule has 1 aliphatic rings. The summed E-state index contributed by atoms with van der Waals surface area (Å²) in [5.41, 5.74) is -3.50. The summed E-state index contributed by atoms with van der Waals surface area (Å²) in [7, 11) is 0.447. The number of ether oxygens (including phenoxy) is 3. The third-order valence-electron chi connectivity index (χ3n) is 8.92. The summed E-state index contributed by atoms with van der Waals surface area (Å²) in [6.45, 7) is 16.4. The fourth-order valence-electron chi connectivity index (χ4n) is 6.49. The molecule has 0 saturated carbocycles. The smallest absolute Gasteiger partial charge is 0.408 e. The van der Waals surface area contributed by atoms with E-state index in [1.54, 1.807) is 53.6 Å². The molecule has 5 atom stereocenters. The number of alkyl carbamates (subject to hydrolysis) is 1. The Morgan fingerprint density at radius 1 is 1.04 bits per heavy atom. The molecule has 53 heavy (non-hydrogen) atoms. The van der Waals surface area contributed by atoms with Crippen LogP contribution in [0.4, 0.5) is 10.6 Å². The van der Waals surface area contributed by atoms with Crippen LogP contribution in [0.2, 0.25) is 5.04 Å². The highest BCUT2D eigenvalue weighted by Crippen LogP contribution is 2.42. The number of hydrogen-bond donors (Lipinski definition) is 2. The van der Waals surface area contributed by atoms with Gasteiger partial charge in [0, 0.05) is 20.3 Å². The van der Waals surface area contributed by atoms with Crippen molar-refractivity contribution in [2.24, 2.45) is 10.9 Å². The van der Waals surface area contributed by atoms with Crippen LogP contribution < -0.4 is 21.4 Å². The fourth-order valence-corrected chi connectivity index (χ4v) is 11.1. The van der Waals surface area contributed by atoms with Crippen molar-refractivity contribution >= 4 is 42.9 Å². The molecule has 0 bridgehead atoms. The molecule has 1 fully saturated rings. The van der Waals surface area contributed by atoms with E-state index in [0.717, 1.165) is 14.9 Å². The molecule has 1 saturated heterocycles. The van der Waals surface area contributed by atoms with E-state index in [2.05, 4.69) is 60.3 Å². The summed E-state index contributed by atoms with van der Waals surface area (Å²) in [5, 5.41) is 16.5. The summed E-state index contributed by atoms with van der Waals surface area (Å²) in [4.78, 5) is 50.2. The van der Waals surface area contributed by atoms with E-state index in [-0.39, 0.29) is 12.4 Å². The van der Waals surface area contributed by atoms with Crippen LogP contribution in [0.1, 0.15) is 68.5 Å². The summed E-state index contributed by atoms with van der Waals surface area (Å²) < 4.78 is 26.4. The quantitative estimate of drug-likeness (QED) is 0.120. The molecule has 2 aromatic carbocycles. The predicted octanol–water partition coefficient (Wildman–Crippen LogP) is 4.15. The number of amides is 1. The molecular formula is C39H55N5O8Si. The molecule has 0 radical (unpaired) electrons. The number of aliphatic imine (C=N–C) groups is 1. The van der Waals surface area contributed by atoms with E-state index in [1.807, 2.05) is 36.4 Å². The molecule has 5 unspecified atom stereocenters. The molecule has 2 heterocycles. The van der Waals surface area contributed by atoms with E-state index in [0.29, 0.717) is 0 Å². The van der Waals surface area contributed by atoms with Crippen molar-refractivity contribution in [1.82, 2.24) is 19.8 Å². The number of carbonyl (C=O) groups excluding carboxylic acids is 2. The first kappa shape index (κ1) is 41.4. The Morgan fingerprint density at radius 3 is 2.08 bits per heavy atom. The van der Waals surface area contributed by atoms with Crippen LogP contribution in [-0.4, -0.2) is 96.4 Å². The Kier molecular flexibility index (Phi) is 12.8. The molecule has 14 heteroatoms. The van der Waals surface area contributed by atoms with Crippen LogP contribution in [0, 0.1) is 5.92 Å². The summed E-state index contributed by atoms with van der Waals surface area (Å²) in [5.74, 6) is -1.05. The number of aliphatic hydroxyl groups is 1. The second kappa shape index (κ2) is 16.3. The number of aromatic nitrogens is 2. The molecule has 0 aliphatic carbocycles. The van der Waals surface area contributed by atoms with Gasteiger partial charge in [-0.3, -0.25) is 4.57 Å². The lowest BCUT2D eigenvalue weighted by Gasteiger charge is -2.43. The van der Waals surface area contributed by atoms with Gasteiger partial charge in [-0.2, -0.15) is 4.98 Å². The largest absolute Gasteiger partial charge is 0.455 e. The molecule has 3 aromatic rings. The highest BCUT2D eigenvalue weighted by Gasteiger charge is 2.58. The second-order valence-electron chi connectivity index (χ2n) is 16.1. The number of esters is 1. The Morgan fingerprint density at radius 2 is 1.60 bits per heavy atom. The first-order valence-corrected chi connectivity index (χ1v) is 19.7. The fraction of sp³-hybridized carbons (Fsp3) is 0.513. The molecule has 4 rings (SSSR count). The number of hydrogen-bond acceptors (Lipinski definition) is 10. The first-order chi connectivity index (χ1) is 24.7. The van der Waals surface area contributed by atoms with Gasteiger partial charge < -0.3 is 34.0 Å². The molecule has 2 N–H and O–H groups in total. The minimum absolute atomic E-state index is 0.114. The average molecular weight is 750 g/mol. The maximum absolute atomic E-state index is 14.0. The van der Waals surface area contributed by atoms with E-state index >= 15 is 0 Å².